The van der Waals surface area contributed by atoms with E-state index in [2.05, 4.69) is 17.1 Å². The van der Waals surface area contributed by atoms with Crippen molar-refractivity contribution >= 4 is 27.3 Å². The van der Waals surface area contributed by atoms with Gasteiger partial charge in [-0.1, -0.05) is 36.4 Å². The van der Waals surface area contributed by atoms with Crippen LogP contribution in [0.1, 0.15) is 21.5 Å². The highest BCUT2D eigenvalue weighted by molar-refractivity contribution is 7.16. The molecule has 0 spiro atoms. The van der Waals surface area contributed by atoms with E-state index in [-0.39, 0.29) is 17.9 Å². The molecule has 0 saturated heterocycles. The number of aromatic nitrogens is 2. The van der Waals surface area contributed by atoms with Crippen molar-refractivity contribution < 1.29 is 4.79 Å². The summed E-state index contributed by atoms with van der Waals surface area (Å²) in [7, 11) is 0. The highest BCUT2D eigenvalue weighted by Gasteiger charge is 2.20. The van der Waals surface area contributed by atoms with Crippen LogP contribution in [0.2, 0.25) is 0 Å². The zero-order valence-electron chi connectivity index (χ0n) is 13.8. The number of hydrogen-bond acceptors (Lipinski definition) is 4. The van der Waals surface area contributed by atoms with Crippen LogP contribution in [0.5, 0.6) is 0 Å². The predicted octanol–water partition coefficient (Wildman–Crippen LogP) is 3.91. The Morgan fingerprint density at radius 1 is 1.08 bits per heavy atom. The largest absolute Gasteiger partial charge is 0.292 e. The van der Waals surface area contributed by atoms with E-state index in [1.54, 1.807) is 6.07 Å². The maximum absolute atomic E-state index is 12.8. The minimum Gasteiger partial charge on any atom is -0.292 e. The van der Waals surface area contributed by atoms with Gasteiger partial charge in [0, 0.05) is 5.56 Å². The lowest BCUT2D eigenvalue weighted by molar-refractivity contribution is 0.0970. The van der Waals surface area contributed by atoms with E-state index in [1.807, 2.05) is 35.7 Å². The molecule has 5 rings (SSSR count). The monoisotopic (exact) mass is 358 g/mol. The van der Waals surface area contributed by atoms with E-state index in [1.165, 1.54) is 38.9 Å². The molecule has 26 heavy (non-hydrogen) atoms. The normalized spacial score (nSPS) is 12.2. The van der Waals surface area contributed by atoms with Crippen molar-refractivity contribution in [2.45, 2.75) is 13.0 Å². The van der Waals surface area contributed by atoms with Crippen LogP contribution in [0, 0.1) is 0 Å². The molecule has 2 heterocycles. The first kappa shape index (κ1) is 15.2. The summed E-state index contributed by atoms with van der Waals surface area (Å²) in [6.07, 6.45) is 2.36. The first-order valence-electron chi connectivity index (χ1n) is 8.38. The van der Waals surface area contributed by atoms with Crippen LogP contribution in [-0.4, -0.2) is 15.3 Å². The summed E-state index contributed by atoms with van der Waals surface area (Å²) < 4.78 is 1.39. The molecule has 0 atom stereocenters. The number of rotatable bonds is 3. The van der Waals surface area contributed by atoms with Crippen molar-refractivity contribution in [2.24, 2.45) is 0 Å². The maximum Gasteiger partial charge on any atom is 0.262 e. The molecule has 4 aromatic rings. The second-order valence-corrected chi connectivity index (χ2v) is 7.34. The van der Waals surface area contributed by atoms with Gasteiger partial charge in [0.15, 0.2) is 5.78 Å². The smallest absolute Gasteiger partial charge is 0.262 e. The van der Waals surface area contributed by atoms with Gasteiger partial charge in [-0.25, -0.2) is 4.98 Å². The third kappa shape index (κ3) is 2.32. The van der Waals surface area contributed by atoms with Crippen LogP contribution in [0.15, 0.2) is 65.0 Å². The number of fused-ring (bicyclic) bond motifs is 4. The van der Waals surface area contributed by atoms with Crippen LogP contribution in [0.3, 0.4) is 0 Å². The molecule has 0 amide bonds. The molecule has 0 N–H and O–H groups in total. The average Bonchev–Trinajstić information content (AvgIpc) is 3.28. The molecule has 1 aliphatic rings. The number of nitrogens with zero attached hydrogens (tertiary/aromatic N) is 2. The maximum atomic E-state index is 12.8. The second-order valence-electron chi connectivity index (χ2n) is 6.45. The number of carbonyl (C=O) groups is 1. The van der Waals surface area contributed by atoms with E-state index in [0.29, 0.717) is 15.8 Å². The Balaban J connectivity index is 1.50. The number of benzene rings is 2. The van der Waals surface area contributed by atoms with Gasteiger partial charge in [0.2, 0.25) is 0 Å². The van der Waals surface area contributed by atoms with E-state index in [0.717, 1.165) is 12.0 Å². The predicted molar refractivity (Wildman–Crippen MR) is 103 cm³/mol. The van der Waals surface area contributed by atoms with Crippen LogP contribution >= 0.6 is 11.3 Å². The fourth-order valence-electron chi connectivity index (χ4n) is 3.55. The molecule has 2 aromatic carbocycles. The molecule has 0 radical (unpaired) electrons. The van der Waals surface area contributed by atoms with E-state index >= 15 is 0 Å². The van der Waals surface area contributed by atoms with Gasteiger partial charge in [-0.2, -0.15) is 0 Å². The summed E-state index contributed by atoms with van der Waals surface area (Å²) in [6.45, 7) is -0.00193. The van der Waals surface area contributed by atoms with Gasteiger partial charge >= 0.3 is 0 Å². The van der Waals surface area contributed by atoms with Crippen molar-refractivity contribution in [3.8, 4) is 11.1 Å². The third-order valence-electron chi connectivity index (χ3n) is 4.88. The number of thiophene rings is 1. The summed E-state index contributed by atoms with van der Waals surface area (Å²) in [6, 6.07) is 15.8. The number of ketones is 1. The topological polar surface area (TPSA) is 52.0 Å². The lowest BCUT2D eigenvalue weighted by Crippen LogP contribution is -2.24. The van der Waals surface area contributed by atoms with Crippen LogP contribution < -0.4 is 5.56 Å². The second kappa shape index (κ2) is 5.75. The molecule has 0 unspecified atom stereocenters. The molecule has 126 valence electrons. The fourth-order valence-corrected chi connectivity index (χ4v) is 4.27. The Morgan fingerprint density at radius 2 is 1.92 bits per heavy atom. The standard InChI is InChI=1S/C21H14N2O2S/c24-19(11-23-12-22-20-17(21(23)25)7-8-26-20)15-6-5-14-9-13-3-1-2-4-16(13)18(14)10-15/h1-8,10,12H,9,11H2. The molecule has 0 saturated carbocycles. The zero-order valence-corrected chi connectivity index (χ0v) is 14.6. The Hall–Kier alpha value is -3.05. The minimum atomic E-state index is -0.170. The fraction of sp³-hybridized carbons (Fsp3) is 0.0952. The highest BCUT2D eigenvalue weighted by Crippen LogP contribution is 2.36. The van der Waals surface area contributed by atoms with Crippen molar-refractivity contribution in [2.75, 3.05) is 0 Å². The average molecular weight is 358 g/mol. The zero-order chi connectivity index (χ0) is 17.7. The molecule has 5 heteroatoms. The first-order chi connectivity index (χ1) is 12.7. The van der Waals surface area contributed by atoms with Crippen LogP contribution in [-0.2, 0) is 13.0 Å². The van der Waals surface area contributed by atoms with Gasteiger partial charge in [-0.15, -0.1) is 11.3 Å². The Kier molecular flexibility index (Phi) is 3.36. The molecule has 2 aromatic heterocycles. The summed E-state index contributed by atoms with van der Waals surface area (Å²) in [5.41, 5.74) is 5.28. The number of Topliss-reactive ketones (excluding diaryl/α,β-unsaturated/α-hetero) is 1. The molecular weight excluding hydrogens is 344 g/mol. The quantitative estimate of drug-likeness (QED) is 0.460. The number of hydrogen-bond donors (Lipinski definition) is 0. The molecule has 4 nitrogen and oxygen atoms in total. The molecule has 0 aliphatic heterocycles. The first-order valence-corrected chi connectivity index (χ1v) is 9.26. The van der Waals surface area contributed by atoms with Gasteiger partial charge < -0.3 is 0 Å². The summed E-state index contributed by atoms with van der Waals surface area (Å²) >= 11 is 1.42. The highest BCUT2D eigenvalue weighted by atomic mass is 32.1. The van der Waals surface area contributed by atoms with E-state index in [4.69, 9.17) is 0 Å². The van der Waals surface area contributed by atoms with Crippen LogP contribution in [0.25, 0.3) is 21.3 Å². The molecular formula is C21H14N2O2S. The third-order valence-corrected chi connectivity index (χ3v) is 5.71. The Labute approximate surface area is 153 Å². The van der Waals surface area contributed by atoms with E-state index < -0.39 is 0 Å². The van der Waals surface area contributed by atoms with Crippen molar-refractivity contribution in [1.82, 2.24) is 9.55 Å². The lowest BCUT2D eigenvalue weighted by Gasteiger charge is -2.07. The van der Waals surface area contributed by atoms with Gasteiger partial charge in [0.25, 0.3) is 5.56 Å². The molecule has 0 bridgehead atoms. The van der Waals surface area contributed by atoms with Gasteiger partial charge in [0.05, 0.1) is 18.3 Å². The molecule has 0 fully saturated rings. The lowest BCUT2D eigenvalue weighted by atomic mass is 10.0. The van der Waals surface area contributed by atoms with Crippen molar-refractivity contribution in [3.05, 3.63) is 87.3 Å². The van der Waals surface area contributed by atoms with Gasteiger partial charge in [-0.3, -0.25) is 14.2 Å². The Bertz CT molecular complexity index is 1240. The summed E-state index contributed by atoms with van der Waals surface area (Å²) in [5.74, 6) is -0.0874. The van der Waals surface area contributed by atoms with Crippen molar-refractivity contribution in [1.29, 1.82) is 0 Å². The minimum absolute atomic E-state index is 0.00193. The van der Waals surface area contributed by atoms with E-state index in [9.17, 15) is 9.59 Å². The van der Waals surface area contributed by atoms with Crippen LogP contribution in [0.4, 0.5) is 0 Å². The SMILES string of the molecule is O=C(Cn1cnc2sccc2c1=O)c1ccc2c(c1)-c1ccccc1C2. The summed E-state index contributed by atoms with van der Waals surface area (Å²) in [4.78, 5) is 30.2. The Morgan fingerprint density at radius 3 is 2.85 bits per heavy atom. The van der Waals surface area contributed by atoms with Gasteiger partial charge in [-0.05, 0) is 46.2 Å². The van der Waals surface area contributed by atoms with Gasteiger partial charge in [0.1, 0.15) is 4.83 Å². The molecule has 1 aliphatic carbocycles. The number of carbonyl (C=O) groups excluding carboxylic acids is 1. The summed E-state index contributed by atoms with van der Waals surface area (Å²) in [5, 5.41) is 2.40. The van der Waals surface area contributed by atoms with Crippen molar-refractivity contribution in [3.63, 3.8) is 0 Å².